The molecule has 0 heterocycles. The smallest absolute Gasteiger partial charge is 0.0637 e. The van der Waals surface area contributed by atoms with Crippen molar-refractivity contribution in [3.63, 3.8) is 0 Å². The summed E-state index contributed by atoms with van der Waals surface area (Å²) in [5.74, 6) is 0.628. The van der Waals surface area contributed by atoms with Crippen LogP contribution in [0.3, 0.4) is 0 Å². The molecule has 0 aliphatic carbocycles. The Balaban J connectivity index is 2.98. The van der Waals surface area contributed by atoms with Crippen LogP contribution in [0.25, 0.3) is 0 Å². The van der Waals surface area contributed by atoms with Crippen LogP contribution in [0.1, 0.15) is 19.4 Å². The van der Waals surface area contributed by atoms with Crippen molar-refractivity contribution in [1.82, 2.24) is 5.32 Å². The van der Waals surface area contributed by atoms with Gasteiger partial charge in [-0.2, -0.15) is 0 Å². The zero-order chi connectivity index (χ0) is 14.3. The molecule has 0 spiro atoms. The Morgan fingerprint density at radius 2 is 2.11 bits per heavy atom. The fourth-order valence-electron chi connectivity index (χ4n) is 2.15. The van der Waals surface area contributed by atoms with E-state index in [1.54, 1.807) is 7.11 Å². The molecule has 0 amide bonds. The highest BCUT2D eigenvalue weighted by atomic mass is 79.9. The zero-order valence-corrected chi connectivity index (χ0v) is 14.0. The van der Waals surface area contributed by atoms with Crippen molar-refractivity contribution < 1.29 is 4.74 Å². The first-order chi connectivity index (χ1) is 9.08. The first-order valence-electron chi connectivity index (χ1n) is 6.75. The van der Waals surface area contributed by atoms with Gasteiger partial charge in [-0.15, -0.1) is 0 Å². The quantitative estimate of drug-likeness (QED) is 0.792. The van der Waals surface area contributed by atoms with Crippen molar-refractivity contribution in [2.45, 2.75) is 20.4 Å². The van der Waals surface area contributed by atoms with E-state index in [2.05, 4.69) is 58.2 Å². The number of ether oxygens (including phenoxy) is 1. The van der Waals surface area contributed by atoms with Crippen LogP contribution in [0, 0.1) is 5.92 Å². The van der Waals surface area contributed by atoms with Crippen LogP contribution in [0.4, 0.5) is 5.69 Å². The van der Waals surface area contributed by atoms with E-state index in [0.717, 1.165) is 30.7 Å². The maximum absolute atomic E-state index is 5.23. The average molecular weight is 329 g/mol. The van der Waals surface area contributed by atoms with Crippen LogP contribution in [0.5, 0.6) is 0 Å². The molecule has 1 N–H and O–H groups in total. The lowest BCUT2D eigenvalue weighted by molar-refractivity contribution is 0.204. The van der Waals surface area contributed by atoms with E-state index < -0.39 is 0 Å². The van der Waals surface area contributed by atoms with Crippen LogP contribution in [0.15, 0.2) is 22.7 Å². The summed E-state index contributed by atoms with van der Waals surface area (Å²) in [6.45, 7) is 8.08. The summed E-state index contributed by atoms with van der Waals surface area (Å²) in [5.41, 5.74) is 2.61. The van der Waals surface area contributed by atoms with Gasteiger partial charge in [-0.25, -0.2) is 0 Å². The van der Waals surface area contributed by atoms with Gasteiger partial charge in [0.2, 0.25) is 0 Å². The molecule has 108 valence electrons. The number of halogens is 1. The zero-order valence-electron chi connectivity index (χ0n) is 12.4. The molecule has 4 heteroatoms. The Morgan fingerprint density at radius 3 is 2.68 bits per heavy atom. The molecule has 0 atom stereocenters. The second-order valence-electron chi connectivity index (χ2n) is 5.14. The predicted octanol–water partition coefficient (Wildman–Crippen LogP) is 3.28. The van der Waals surface area contributed by atoms with Gasteiger partial charge < -0.3 is 15.0 Å². The number of hydrogen-bond donors (Lipinski definition) is 1. The SMILES string of the molecule is CNCc1cc(Br)ccc1N(CCOC)CC(C)C. The molecule has 1 rings (SSSR count). The number of benzene rings is 1. The molecule has 0 radical (unpaired) electrons. The molecule has 0 aliphatic rings. The second kappa shape index (κ2) is 8.56. The third-order valence-corrected chi connectivity index (χ3v) is 3.39. The number of rotatable bonds is 8. The molecule has 3 nitrogen and oxygen atoms in total. The Kier molecular flexibility index (Phi) is 7.42. The fourth-order valence-corrected chi connectivity index (χ4v) is 2.56. The molecular weight excluding hydrogens is 304 g/mol. The van der Waals surface area contributed by atoms with Gasteiger partial charge in [0.25, 0.3) is 0 Å². The minimum absolute atomic E-state index is 0.628. The molecule has 0 saturated heterocycles. The van der Waals surface area contributed by atoms with E-state index in [4.69, 9.17) is 4.74 Å². The third-order valence-electron chi connectivity index (χ3n) is 2.90. The van der Waals surface area contributed by atoms with Gasteiger partial charge in [-0.05, 0) is 36.7 Å². The minimum atomic E-state index is 0.628. The normalized spacial score (nSPS) is 11.1. The lowest BCUT2D eigenvalue weighted by Crippen LogP contribution is -2.32. The lowest BCUT2D eigenvalue weighted by atomic mass is 10.1. The molecule has 0 fully saturated rings. The summed E-state index contributed by atoms with van der Waals surface area (Å²) in [5, 5.41) is 3.24. The number of hydrogen-bond acceptors (Lipinski definition) is 3. The van der Waals surface area contributed by atoms with Crippen molar-refractivity contribution in [3.05, 3.63) is 28.2 Å². The molecule has 0 aromatic heterocycles. The second-order valence-corrected chi connectivity index (χ2v) is 6.05. The summed E-state index contributed by atoms with van der Waals surface area (Å²) in [6, 6.07) is 6.48. The molecule has 0 saturated carbocycles. The lowest BCUT2D eigenvalue weighted by Gasteiger charge is -2.29. The van der Waals surface area contributed by atoms with E-state index >= 15 is 0 Å². The maximum atomic E-state index is 5.23. The van der Waals surface area contributed by atoms with Crippen molar-refractivity contribution in [3.8, 4) is 0 Å². The van der Waals surface area contributed by atoms with Crippen LogP contribution < -0.4 is 10.2 Å². The van der Waals surface area contributed by atoms with Crippen LogP contribution >= 0.6 is 15.9 Å². The number of nitrogens with one attached hydrogen (secondary N) is 1. The van der Waals surface area contributed by atoms with Crippen molar-refractivity contribution in [1.29, 1.82) is 0 Å². The van der Waals surface area contributed by atoms with Crippen LogP contribution in [-0.2, 0) is 11.3 Å². The molecule has 19 heavy (non-hydrogen) atoms. The molecule has 1 aromatic carbocycles. The first kappa shape index (κ1) is 16.5. The van der Waals surface area contributed by atoms with Gasteiger partial charge in [-0.3, -0.25) is 0 Å². The Hall–Kier alpha value is -0.580. The largest absolute Gasteiger partial charge is 0.383 e. The molecule has 1 aromatic rings. The summed E-state index contributed by atoms with van der Waals surface area (Å²) < 4.78 is 6.36. The summed E-state index contributed by atoms with van der Waals surface area (Å²) in [7, 11) is 3.73. The highest BCUT2D eigenvalue weighted by molar-refractivity contribution is 9.10. The van der Waals surface area contributed by atoms with Crippen molar-refractivity contribution in [2.24, 2.45) is 5.92 Å². The Labute approximate surface area is 125 Å². The van der Waals surface area contributed by atoms with Crippen LogP contribution in [-0.4, -0.2) is 33.9 Å². The molecule has 0 bridgehead atoms. The number of anilines is 1. The van der Waals surface area contributed by atoms with E-state index in [-0.39, 0.29) is 0 Å². The Bertz CT molecular complexity index is 382. The molecule has 0 aliphatic heterocycles. The fraction of sp³-hybridized carbons (Fsp3) is 0.600. The number of nitrogens with zero attached hydrogens (tertiary/aromatic N) is 1. The van der Waals surface area contributed by atoms with Gasteiger partial charge in [0.15, 0.2) is 0 Å². The number of methoxy groups -OCH3 is 1. The van der Waals surface area contributed by atoms with E-state index in [1.165, 1.54) is 11.3 Å². The summed E-state index contributed by atoms with van der Waals surface area (Å²) >= 11 is 3.55. The van der Waals surface area contributed by atoms with Gasteiger partial charge in [0.05, 0.1) is 6.61 Å². The van der Waals surface area contributed by atoms with E-state index in [1.807, 2.05) is 7.05 Å². The molecule has 0 unspecified atom stereocenters. The van der Waals surface area contributed by atoms with Gasteiger partial charge in [0, 0.05) is 36.9 Å². The van der Waals surface area contributed by atoms with Crippen molar-refractivity contribution >= 4 is 21.6 Å². The predicted molar refractivity (Wildman–Crippen MR) is 85.8 cm³/mol. The monoisotopic (exact) mass is 328 g/mol. The van der Waals surface area contributed by atoms with Gasteiger partial charge in [-0.1, -0.05) is 29.8 Å². The highest BCUT2D eigenvalue weighted by Crippen LogP contribution is 2.25. The maximum Gasteiger partial charge on any atom is 0.0637 e. The third kappa shape index (κ3) is 5.51. The molecular formula is C15H25BrN2O. The standard InChI is InChI=1S/C15H25BrN2O/c1-12(2)11-18(7-8-19-4)15-6-5-14(16)9-13(15)10-17-3/h5-6,9,12,17H,7-8,10-11H2,1-4H3. The Morgan fingerprint density at radius 1 is 1.37 bits per heavy atom. The van der Waals surface area contributed by atoms with E-state index in [9.17, 15) is 0 Å². The minimum Gasteiger partial charge on any atom is -0.383 e. The highest BCUT2D eigenvalue weighted by Gasteiger charge is 2.12. The first-order valence-corrected chi connectivity index (χ1v) is 7.54. The topological polar surface area (TPSA) is 24.5 Å². The van der Waals surface area contributed by atoms with Gasteiger partial charge in [0.1, 0.15) is 0 Å². The average Bonchev–Trinajstić information content (AvgIpc) is 2.35. The summed E-state index contributed by atoms with van der Waals surface area (Å²) in [4.78, 5) is 2.41. The van der Waals surface area contributed by atoms with Crippen LogP contribution in [0.2, 0.25) is 0 Å². The van der Waals surface area contributed by atoms with Gasteiger partial charge >= 0.3 is 0 Å². The summed E-state index contributed by atoms with van der Waals surface area (Å²) in [6.07, 6.45) is 0. The van der Waals surface area contributed by atoms with Crippen molar-refractivity contribution in [2.75, 3.05) is 38.8 Å². The van der Waals surface area contributed by atoms with E-state index in [0.29, 0.717) is 5.92 Å².